The summed E-state index contributed by atoms with van der Waals surface area (Å²) in [5, 5.41) is 5.59. The molecule has 3 aromatic carbocycles. The van der Waals surface area contributed by atoms with Crippen LogP contribution < -0.4 is 15.6 Å². The van der Waals surface area contributed by atoms with Crippen LogP contribution in [0.15, 0.2) is 72.8 Å². The number of hydrogen-bond donors (Lipinski definition) is 3. The Morgan fingerprint density at radius 3 is 1.59 bits per heavy atom. The molecule has 41 heavy (non-hydrogen) atoms. The predicted molar refractivity (Wildman–Crippen MR) is 171 cm³/mol. The van der Waals surface area contributed by atoms with Gasteiger partial charge >= 0.3 is 12.2 Å². The highest BCUT2D eigenvalue weighted by Crippen LogP contribution is 2.29. The van der Waals surface area contributed by atoms with Crippen molar-refractivity contribution in [2.45, 2.75) is 80.4 Å². The highest BCUT2D eigenvalue weighted by Gasteiger charge is 2.21. The first-order valence-electron chi connectivity index (χ1n) is 14.2. The second kappa shape index (κ2) is 16.2. The zero-order valence-electron chi connectivity index (χ0n) is 26.6. The molecule has 0 aliphatic rings. The quantitative estimate of drug-likeness (QED) is 0.279. The van der Waals surface area contributed by atoms with Gasteiger partial charge in [0.2, 0.25) is 5.71 Å². The van der Waals surface area contributed by atoms with Gasteiger partial charge < -0.3 is 9.47 Å². The first-order chi connectivity index (χ1) is 19.3. The lowest BCUT2D eigenvalue weighted by Crippen LogP contribution is -2.68. The first-order valence-corrected chi connectivity index (χ1v) is 14.2. The van der Waals surface area contributed by atoms with Crippen LogP contribution in [0.4, 0.5) is 21.0 Å². The van der Waals surface area contributed by atoms with Crippen molar-refractivity contribution in [3.8, 4) is 11.1 Å². The van der Waals surface area contributed by atoms with Crippen molar-refractivity contribution in [1.82, 2.24) is 0 Å². The second-order valence-corrected chi connectivity index (χ2v) is 10.6. The van der Waals surface area contributed by atoms with Gasteiger partial charge in [-0.1, -0.05) is 64.1 Å². The summed E-state index contributed by atoms with van der Waals surface area (Å²) in [5.74, 6) is 0. The maximum Gasteiger partial charge on any atom is 0.412 e. The van der Waals surface area contributed by atoms with E-state index in [0.29, 0.717) is 11.4 Å². The van der Waals surface area contributed by atoms with Crippen molar-refractivity contribution in [3.63, 3.8) is 0 Å². The summed E-state index contributed by atoms with van der Waals surface area (Å²) >= 11 is 0. The Kier molecular flexibility index (Phi) is 13.8. The molecule has 3 aromatic rings. The minimum Gasteiger partial charge on any atom is -0.444 e. The highest BCUT2D eigenvalue weighted by atomic mass is 16.6. The number of anilines is 2. The number of amides is 2. The lowest BCUT2D eigenvalue weighted by Gasteiger charge is -2.20. The van der Waals surface area contributed by atoms with Crippen molar-refractivity contribution in [3.05, 3.63) is 83.9 Å². The molecule has 0 unspecified atom stereocenters. The SMILES string of the molecule is CC.CC.C[NH+]=C(c1ccccc1)c1cc(NC(=O)OC(C)(C)C)ccc1-c1ccc(NC(=O)OC(C)(C)C)cc1. The summed E-state index contributed by atoms with van der Waals surface area (Å²) in [4.78, 5) is 27.9. The third-order valence-corrected chi connectivity index (χ3v) is 5.09. The standard InChI is InChI=1S/C30H35N3O4.2C2H6/c1-29(2,3)36-27(34)32-22-15-13-20(14-16-22)24-18-17-23(33-28(35)37-30(4,5)6)19-25(24)26(31-7)21-11-9-8-10-12-21;2*1-2/h8-19H,1-7H3,(H,32,34)(H,33,35);2*1-2H3/p+1. The van der Waals surface area contributed by atoms with Gasteiger partial charge in [-0.05, 0) is 89.1 Å². The number of carbonyl (C=O) groups excluding carboxylic acids is 2. The maximum absolute atomic E-state index is 12.4. The molecule has 0 saturated heterocycles. The molecule has 7 nitrogen and oxygen atoms in total. The molecule has 3 N–H and O–H groups in total. The fourth-order valence-corrected chi connectivity index (χ4v) is 3.70. The molecular formula is C34H48N3O4+. The second-order valence-electron chi connectivity index (χ2n) is 10.6. The van der Waals surface area contributed by atoms with Crippen LogP contribution in [-0.2, 0) is 9.47 Å². The van der Waals surface area contributed by atoms with E-state index < -0.39 is 23.4 Å². The van der Waals surface area contributed by atoms with Gasteiger partial charge in [0.25, 0.3) is 0 Å². The minimum absolute atomic E-state index is 0.506. The third kappa shape index (κ3) is 11.9. The summed E-state index contributed by atoms with van der Waals surface area (Å²) in [7, 11) is 1.87. The smallest absolute Gasteiger partial charge is 0.412 e. The van der Waals surface area contributed by atoms with Crippen molar-refractivity contribution in [2.24, 2.45) is 0 Å². The number of ether oxygens (including phenoxy) is 2. The molecule has 0 aromatic heterocycles. The molecule has 0 heterocycles. The van der Waals surface area contributed by atoms with Gasteiger partial charge in [0.1, 0.15) is 18.2 Å². The lowest BCUT2D eigenvalue weighted by atomic mass is 9.92. The summed E-state index contributed by atoms with van der Waals surface area (Å²) in [6.45, 7) is 18.9. The largest absolute Gasteiger partial charge is 0.444 e. The van der Waals surface area contributed by atoms with Gasteiger partial charge in [-0.25, -0.2) is 14.6 Å². The molecule has 0 fully saturated rings. The van der Waals surface area contributed by atoms with Crippen molar-refractivity contribution in [1.29, 1.82) is 0 Å². The number of rotatable bonds is 5. The van der Waals surface area contributed by atoms with E-state index in [1.807, 2.05) is 149 Å². The molecule has 3 rings (SSSR count). The Morgan fingerprint density at radius 2 is 1.12 bits per heavy atom. The normalized spacial score (nSPS) is 11.1. The van der Waals surface area contributed by atoms with E-state index in [0.717, 1.165) is 28.0 Å². The van der Waals surface area contributed by atoms with E-state index in [1.54, 1.807) is 0 Å². The Morgan fingerprint density at radius 1 is 0.659 bits per heavy atom. The number of hydrogen-bond acceptors (Lipinski definition) is 4. The van der Waals surface area contributed by atoms with Crippen LogP contribution in [0.2, 0.25) is 0 Å². The van der Waals surface area contributed by atoms with E-state index in [4.69, 9.17) is 9.47 Å². The fourth-order valence-electron chi connectivity index (χ4n) is 3.70. The van der Waals surface area contributed by atoms with Gasteiger partial charge in [-0.15, -0.1) is 0 Å². The van der Waals surface area contributed by atoms with E-state index in [2.05, 4.69) is 15.6 Å². The molecule has 0 atom stereocenters. The lowest BCUT2D eigenvalue weighted by molar-refractivity contribution is -0.418. The number of benzene rings is 3. The van der Waals surface area contributed by atoms with Crippen LogP contribution >= 0.6 is 0 Å². The van der Waals surface area contributed by atoms with Gasteiger partial charge in [0.15, 0.2) is 0 Å². The van der Waals surface area contributed by atoms with Crippen molar-refractivity contribution < 1.29 is 24.1 Å². The molecule has 0 saturated carbocycles. The van der Waals surface area contributed by atoms with Crippen LogP contribution in [0, 0.1) is 0 Å². The molecule has 2 amide bonds. The number of carbonyl (C=O) groups is 2. The van der Waals surface area contributed by atoms with Gasteiger partial charge in [0, 0.05) is 16.9 Å². The van der Waals surface area contributed by atoms with Crippen LogP contribution in [0.5, 0.6) is 0 Å². The maximum atomic E-state index is 12.4. The van der Waals surface area contributed by atoms with E-state index >= 15 is 0 Å². The molecule has 0 bridgehead atoms. The molecule has 7 heteroatoms. The highest BCUT2D eigenvalue weighted by molar-refractivity contribution is 6.13. The summed E-state index contributed by atoms with van der Waals surface area (Å²) in [6.07, 6.45) is -1.03. The minimum atomic E-state index is -0.603. The molecule has 0 radical (unpaired) electrons. The van der Waals surface area contributed by atoms with E-state index in [9.17, 15) is 9.59 Å². The average molecular weight is 563 g/mol. The molecule has 0 spiro atoms. The molecule has 222 valence electrons. The Labute approximate surface area is 246 Å². The van der Waals surface area contributed by atoms with Crippen molar-refractivity contribution >= 4 is 29.3 Å². The van der Waals surface area contributed by atoms with Crippen LogP contribution in [0.25, 0.3) is 11.1 Å². The third-order valence-electron chi connectivity index (χ3n) is 5.09. The number of nitrogens with one attached hydrogen (secondary N) is 3. The van der Waals surface area contributed by atoms with Gasteiger partial charge in [-0.3, -0.25) is 10.6 Å². The Balaban J connectivity index is 0.00000201. The monoisotopic (exact) mass is 562 g/mol. The Bertz CT molecular complexity index is 1270. The van der Waals surface area contributed by atoms with Gasteiger partial charge in [0.05, 0.1) is 5.56 Å². The van der Waals surface area contributed by atoms with Crippen LogP contribution in [0.3, 0.4) is 0 Å². The average Bonchev–Trinajstić information content (AvgIpc) is 2.91. The van der Waals surface area contributed by atoms with Crippen molar-refractivity contribution in [2.75, 3.05) is 17.7 Å². The van der Waals surface area contributed by atoms with Gasteiger partial charge in [-0.2, -0.15) is 0 Å². The van der Waals surface area contributed by atoms with E-state index in [1.165, 1.54) is 0 Å². The molecule has 0 aliphatic carbocycles. The first kappa shape index (κ1) is 34.9. The summed E-state index contributed by atoms with van der Waals surface area (Å²) in [5.41, 5.74) is 4.75. The Hall–Kier alpha value is -4.13. The van der Waals surface area contributed by atoms with E-state index in [-0.39, 0.29) is 0 Å². The molecular weight excluding hydrogens is 514 g/mol. The fraction of sp³-hybridized carbons (Fsp3) is 0.382. The topological polar surface area (TPSA) is 90.6 Å². The van der Waals surface area contributed by atoms with Crippen LogP contribution in [-0.4, -0.2) is 36.1 Å². The predicted octanol–water partition coefficient (Wildman–Crippen LogP) is 7.65. The summed E-state index contributed by atoms with van der Waals surface area (Å²) in [6, 6.07) is 23.2. The van der Waals surface area contributed by atoms with Crippen LogP contribution in [0.1, 0.15) is 80.4 Å². The summed E-state index contributed by atoms with van der Waals surface area (Å²) < 4.78 is 10.8. The zero-order valence-corrected chi connectivity index (χ0v) is 26.6. The molecule has 0 aliphatic heterocycles. The zero-order chi connectivity index (χ0) is 31.2.